The average molecular weight is 695 g/mol. The Hall–Kier alpha value is -6.45. The second-order valence-corrected chi connectivity index (χ2v) is 12.1. The van der Waals surface area contributed by atoms with Gasteiger partial charge in [-0.25, -0.2) is 4.79 Å². The van der Waals surface area contributed by atoms with Gasteiger partial charge >= 0.3 is 5.97 Å². The first-order chi connectivity index (χ1) is 25.2. The molecule has 262 valence electrons. The van der Waals surface area contributed by atoms with Gasteiger partial charge in [-0.15, -0.1) is 0 Å². The summed E-state index contributed by atoms with van der Waals surface area (Å²) in [7, 11) is 0. The summed E-state index contributed by atoms with van der Waals surface area (Å²) >= 11 is 0. The molecule has 1 aliphatic heterocycles. The highest BCUT2D eigenvalue weighted by molar-refractivity contribution is 6.00. The molecular formula is C44H38O8. The molecule has 1 fully saturated rings. The minimum atomic E-state index is -0.680. The number of aliphatic hydroxyl groups excluding tert-OH is 2. The number of carbonyl (C=O) groups is 1. The first-order valence-electron chi connectivity index (χ1n) is 16.4. The number of fused-ring (bicyclic) bond motifs is 2. The predicted octanol–water partition coefficient (Wildman–Crippen LogP) is 8.51. The molecule has 0 aliphatic carbocycles. The topological polar surface area (TPSA) is 126 Å². The monoisotopic (exact) mass is 694 g/mol. The standard InChI is InChI=1S/C20H18O3.C14H12O4.C10H8O/c1-13-7-9-15(10-8-13)12-23-20(22)18-11-16-5-3-4-6-17(16)14(2)19(18)21;1-10-2-4-11(5-3-10)14-17-12(6-8-15)13(18-14)7-9-16;11-10-6-5-8-3-1-2-4-9(8)7-10/h3-11,21H,12H2,1-2H3;2-5,12-16H,1H3;1-7,11H. The van der Waals surface area contributed by atoms with E-state index in [4.69, 9.17) is 29.5 Å². The largest absolute Gasteiger partial charge is 0.508 e. The first-order valence-corrected chi connectivity index (χ1v) is 16.4. The van der Waals surface area contributed by atoms with Gasteiger partial charge in [0.15, 0.2) is 18.5 Å². The van der Waals surface area contributed by atoms with Crippen LogP contribution in [-0.2, 0) is 20.8 Å². The molecule has 0 aromatic heterocycles. The van der Waals surface area contributed by atoms with E-state index in [9.17, 15) is 9.90 Å². The van der Waals surface area contributed by atoms with Crippen LogP contribution in [0.1, 0.15) is 44.5 Å². The molecule has 8 nitrogen and oxygen atoms in total. The van der Waals surface area contributed by atoms with E-state index in [2.05, 4.69) is 11.8 Å². The summed E-state index contributed by atoms with van der Waals surface area (Å²) in [4.78, 5) is 12.3. The van der Waals surface area contributed by atoms with Gasteiger partial charge in [0.2, 0.25) is 0 Å². The van der Waals surface area contributed by atoms with Crippen LogP contribution in [0, 0.1) is 44.8 Å². The van der Waals surface area contributed by atoms with Gasteiger partial charge < -0.3 is 34.6 Å². The van der Waals surface area contributed by atoms with E-state index in [1.54, 1.807) is 37.3 Å². The van der Waals surface area contributed by atoms with Crippen molar-refractivity contribution in [2.24, 2.45) is 0 Å². The van der Waals surface area contributed by atoms with Gasteiger partial charge in [-0.05, 0) is 83.5 Å². The van der Waals surface area contributed by atoms with Gasteiger partial charge in [-0.1, -0.05) is 114 Å². The summed E-state index contributed by atoms with van der Waals surface area (Å²) in [5, 5.41) is 40.7. The highest BCUT2D eigenvalue weighted by atomic mass is 16.7. The molecular weight excluding hydrogens is 656 g/mol. The fourth-order valence-electron chi connectivity index (χ4n) is 5.43. The molecule has 52 heavy (non-hydrogen) atoms. The summed E-state index contributed by atoms with van der Waals surface area (Å²) in [6.45, 7) is 5.98. The van der Waals surface area contributed by atoms with Crippen molar-refractivity contribution in [2.45, 2.75) is 45.9 Å². The molecule has 1 saturated heterocycles. The van der Waals surface area contributed by atoms with Gasteiger partial charge in [0, 0.05) is 5.56 Å². The lowest BCUT2D eigenvalue weighted by Gasteiger charge is -2.11. The zero-order valence-electron chi connectivity index (χ0n) is 28.9. The molecule has 6 aromatic rings. The minimum Gasteiger partial charge on any atom is -0.508 e. The van der Waals surface area contributed by atoms with Crippen molar-refractivity contribution in [3.63, 3.8) is 0 Å². The Labute approximate surface area is 302 Å². The van der Waals surface area contributed by atoms with Crippen molar-refractivity contribution in [3.8, 4) is 35.6 Å². The van der Waals surface area contributed by atoms with Crippen molar-refractivity contribution >= 4 is 27.5 Å². The van der Waals surface area contributed by atoms with E-state index in [0.717, 1.165) is 43.8 Å². The summed E-state index contributed by atoms with van der Waals surface area (Å²) in [5.41, 5.74) is 4.94. The van der Waals surface area contributed by atoms with Crippen molar-refractivity contribution in [2.75, 3.05) is 0 Å². The SMILES string of the molecule is Cc1ccc(C2OC(C#CO)C(C#CO)O2)cc1.Cc1ccc(COC(=O)c2cc3ccccc3c(C)c2O)cc1.Oc1ccc2ccccc2c1. The smallest absolute Gasteiger partial charge is 0.342 e. The van der Waals surface area contributed by atoms with Crippen molar-refractivity contribution < 1.29 is 39.4 Å². The van der Waals surface area contributed by atoms with Gasteiger partial charge in [-0.2, -0.15) is 0 Å². The van der Waals surface area contributed by atoms with E-state index < -0.39 is 24.5 Å². The second kappa shape index (κ2) is 17.5. The van der Waals surface area contributed by atoms with Crippen molar-refractivity contribution in [3.05, 3.63) is 155 Å². The number of phenolic OH excluding ortho intramolecular Hbond substituents is 2. The normalized spacial score (nSPS) is 15.8. The van der Waals surface area contributed by atoms with Crippen LogP contribution in [0.2, 0.25) is 0 Å². The molecule has 0 spiro atoms. The van der Waals surface area contributed by atoms with E-state index in [0.29, 0.717) is 11.3 Å². The van der Waals surface area contributed by atoms with Gasteiger partial charge in [0.25, 0.3) is 0 Å². The maximum atomic E-state index is 12.3. The Kier molecular flexibility index (Phi) is 12.4. The van der Waals surface area contributed by atoms with Crippen LogP contribution in [0.4, 0.5) is 0 Å². The Balaban J connectivity index is 0.000000160. The molecule has 0 saturated carbocycles. The van der Waals surface area contributed by atoms with E-state index >= 15 is 0 Å². The molecule has 0 amide bonds. The molecule has 1 heterocycles. The van der Waals surface area contributed by atoms with Crippen LogP contribution in [-0.4, -0.2) is 38.6 Å². The average Bonchev–Trinajstić information content (AvgIpc) is 3.55. The molecule has 8 heteroatoms. The number of rotatable bonds is 4. The maximum absolute atomic E-state index is 12.3. The fraction of sp³-hybridized carbons (Fsp3) is 0.159. The highest BCUT2D eigenvalue weighted by Crippen LogP contribution is 2.32. The minimum absolute atomic E-state index is 0.0161. The Morgan fingerprint density at radius 1 is 0.673 bits per heavy atom. The van der Waals surface area contributed by atoms with Crippen LogP contribution >= 0.6 is 0 Å². The van der Waals surface area contributed by atoms with Crippen molar-refractivity contribution in [1.29, 1.82) is 0 Å². The van der Waals surface area contributed by atoms with Crippen LogP contribution in [0.5, 0.6) is 11.5 Å². The Morgan fingerprint density at radius 2 is 1.23 bits per heavy atom. The fourth-order valence-corrected chi connectivity index (χ4v) is 5.43. The van der Waals surface area contributed by atoms with Gasteiger partial charge in [-0.3, -0.25) is 0 Å². The van der Waals surface area contributed by atoms with Crippen LogP contribution < -0.4 is 0 Å². The third-order valence-electron chi connectivity index (χ3n) is 8.30. The lowest BCUT2D eigenvalue weighted by molar-refractivity contribution is -0.0582. The molecule has 1 aliphatic rings. The molecule has 0 bridgehead atoms. The number of aliphatic hydroxyl groups is 2. The lowest BCUT2D eigenvalue weighted by atomic mass is 10.0. The summed E-state index contributed by atoms with van der Waals surface area (Å²) < 4.78 is 16.4. The van der Waals surface area contributed by atoms with Crippen molar-refractivity contribution in [1.82, 2.24) is 0 Å². The highest BCUT2D eigenvalue weighted by Gasteiger charge is 2.35. The molecule has 0 radical (unpaired) electrons. The number of hydrogen-bond acceptors (Lipinski definition) is 8. The molecule has 2 atom stereocenters. The third-order valence-corrected chi connectivity index (χ3v) is 8.30. The van der Waals surface area contributed by atoms with E-state index in [1.165, 1.54) is 0 Å². The predicted molar refractivity (Wildman–Crippen MR) is 199 cm³/mol. The number of esters is 1. The zero-order valence-corrected chi connectivity index (χ0v) is 28.9. The quantitative estimate of drug-likeness (QED) is 0.107. The molecule has 6 aromatic carbocycles. The summed E-state index contributed by atoms with van der Waals surface area (Å²) in [6, 6.07) is 38.1. The number of aromatic hydroxyl groups is 2. The van der Waals surface area contributed by atoms with Gasteiger partial charge in [0.1, 0.15) is 35.9 Å². The second-order valence-electron chi connectivity index (χ2n) is 12.1. The number of hydrogen-bond donors (Lipinski definition) is 4. The number of phenols is 2. The molecule has 4 N–H and O–H groups in total. The zero-order chi connectivity index (χ0) is 37.0. The molecule has 7 rings (SSSR count). The number of aryl methyl sites for hydroxylation is 3. The summed E-state index contributed by atoms with van der Waals surface area (Å²) in [5.74, 6) is 4.66. The van der Waals surface area contributed by atoms with Crippen LogP contribution in [0.15, 0.2) is 121 Å². The maximum Gasteiger partial charge on any atom is 0.342 e. The number of ether oxygens (including phenoxy) is 3. The Bertz CT molecular complexity index is 2240. The van der Waals surface area contributed by atoms with E-state index in [1.807, 2.05) is 117 Å². The molecule has 2 unspecified atom stereocenters. The first kappa shape index (κ1) is 36.8. The van der Waals surface area contributed by atoms with Crippen LogP contribution in [0.25, 0.3) is 21.5 Å². The van der Waals surface area contributed by atoms with E-state index in [-0.39, 0.29) is 17.9 Å². The number of benzene rings is 6. The number of carbonyl (C=O) groups excluding carboxylic acids is 1. The summed E-state index contributed by atoms with van der Waals surface area (Å²) in [6.07, 6.45) is 1.60. The Morgan fingerprint density at radius 3 is 1.85 bits per heavy atom. The van der Waals surface area contributed by atoms with Gasteiger partial charge in [0.05, 0.1) is 0 Å². The third kappa shape index (κ3) is 9.41. The lowest BCUT2D eigenvalue weighted by Crippen LogP contribution is -2.18. The van der Waals surface area contributed by atoms with Crippen LogP contribution in [0.3, 0.4) is 0 Å².